The lowest BCUT2D eigenvalue weighted by Gasteiger charge is -2.18. The van der Waals surface area contributed by atoms with Gasteiger partial charge in [0, 0.05) is 12.0 Å². The first-order chi connectivity index (χ1) is 8.02. The molecule has 0 bridgehead atoms. The number of benzene rings is 1. The van der Waals surface area contributed by atoms with Crippen molar-refractivity contribution in [1.82, 2.24) is 5.43 Å². The van der Waals surface area contributed by atoms with E-state index in [0.717, 1.165) is 23.4 Å². The first-order valence-corrected chi connectivity index (χ1v) is 5.43. The van der Waals surface area contributed by atoms with Gasteiger partial charge in [0.2, 0.25) is 0 Å². The third kappa shape index (κ3) is 2.43. The number of hydrazine groups is 1. The normalized spacial score (nSPS) is 15.7. The third-order valence-corrected chi connectivity index (χ3v) is 2.58. The van der Waals surface area contributed by atoms with Gasteiger partial charge in [-0.3, -0.25) is 5.43 Å². The van der Waals surface area contributed by atoms with Crippen molar-refractivity contribution in [2.24, 2.45) is 0 Å². The summed E-state index contributed by atoms with van der Waals surface area (Å²) in [6, 6.07) is 5.79. The summed E-state index contributed by atoms with van der Waals surface area (Å²) in [6.07, 6.45) is 0.315. The highest BCUT2D eigenvalue weighted by Crippen LogP contribution is 2.39. The van der Waals surface area contributed by atoms with Gasteiger partial charge in [-0.1, -0.05) is 12.1 Å². The van der Waals surface area contributed by atoms with Crippen molar-refractivity contribution in [3.8, 4) is 5.75 Å². The average Bonchev–Trinajstić information content (AvgIpc) is 2.60. The second-order valence-electron chi connectivity index (χ2n) is 4.57. The van der Waals surface area contributed by atoms with E-state index in [1.54, 1.807) is 0 Å². The smallest absolute Gasteiger partial charge is 0.425 e. The average molecular weight is 236 g/mol. The van der Waals surface area contributed by atoms with E-state index in [4.69, 9.17) is 4.74 Å². The van der Waals surface area contributed by atoms with Gasteiger partial charge in [-0.2, -0.15) is 0 Å². The van der Waals surface area contributed by atoms with Crippen LogP contribution in [-0.2, 0) is 11.2 Å². The molecule has 0 aliphatic carbocycles. The summed E-state index contributed by atoms with van der Waals surface area (Å²) in [5.74, 6) is 0.786. The first-order valence-electron chi connectivity index (χ1n) is 5.43. The van der Waals surface area contributed by atoms with E-state index >= 15 is 0 Å². The van der Waals surface area contributed by atoms with Crippen molar-refractivity contribution < 1.29 is 14.3 Å². The molecule has 0 saturated carbocycles. The number of fused-ring (bicyclic) bond motifs is 1. The number of methoxy groups -OCH3 is 1. The number of nitrogens with one attached hydrogen (secondary N) is 2. The topological polar surface area (TPSA) is 59.6 Å². The van der Waals surface area contributed by atoms with Gasteiger partial charge in [0.1, 0.15) is 11.4 Å². The minimum absolute atomic E-state index is 0.203. The highest BCUT2D eigenvalue weighted by atomic mass is 16.5. The Kier molecular flexibility index (Phi) is 2.83. The van der Waals surface area contributed by atoms with Crippen LogP contribution in [-0.4, -0.2) is 18.8 Å². The largest absolute Gasteiger partial charge is 0.485 e. The number of carbonyl (C=O) groups is 1. The van der Waals surface area contributed by atoms with E-state index in [9.17, 15) is 4.79 Å². The molecule has 5 heteroatoms. The molecular weight excluding hydrogens is 220 g/mol. The molecule has 1 amide bonds. The highest BCUT2D eigenvalue weighted by molar-refractivity contribution is 5.71. The van der Waals surface area contributed by atoms with Gasteiger partial charge < -0.3 is 9.47 Å². The number of para-hydroxylation sites is 1. The fraction of sp³-hybridized carbons (Fsp3) is 0.417. The predicted molar refractivity (Wildman–Crippen MR) is 64.0 cm³/mol. The molecule has 0 fully saturated rings. The number of anilines is 1. The minimum Gasteiger partial charge on any atom is -0.485 e. The molecular formula is C12H16N2O3. The Labute approximate surface area is 100 Å². The number of hydrogen-bond acceptors (Lipinski definition) is 4. The first kappa shape index (κ1) is 11.6. The molecule has 0 atom stereocenters. The summed E-state index contributed by atoms with van der Waals surface area (Å²) in [7, 11) is 1.31. The van der Waals surface area contributed by atoms with E-state index in [0.29, 0.717) is 0 Å². The van der Waals surface area contributed by atoms with Gasteiger partial charge in [-0.05, 0) is 19.9 Å². The molecule has 0 radical (unpaired) electrons. The summed E-state index contributed by atoms with van der Waals surface area (Å²) in [4.78, 5) is 11.0. The predicted octanol–water partition coefficient (Wildman–Crippen LogP) is 2.08. The molecule has 1 aromatic carbocycles. The lowest BCUT2D eigenvalue weighted by molar-refractivity contribution is 0.139. The van der Waals surface area contributed by atoms with E-state index < -0.39 is 6.09 Å². The molecule has 2 rings (SSSR count). The fourth-order valence-electron chi connectivity index (χ4n) is 1.88. The van der Waals surface area contributed by atoms with E-state index in [1.165, 1.54) is 7.11 Å². The molecule has 1 heterocycles. The fourth-order valence-corrected chi connectivity index (χ4v) is 1.88. The lowest BCUT2D eigenvalue weighted by atomic mass is 10.0. The molecule has 0 spiro atoms. The molecule has 1 aromatic rings. The summed E-state index contributed by atoms with van der Waals surface area (Å²) in [5, 5.41) is 0. The van der Waals surface area contributed by atoms with E-state index in [-0.39, 0.29) is 5.60 Å². The van der Waals surface area contributed by atoms with Gasteiger partial charge >= 0.3 is 6.09 Å². The van der Waals surface area contributed by atoms with Gasteiger partial charge in [0.25, 0.3) is 0 Å². The number of ether oxygens (including phenoxy) is 2. The van der Waals surface area contributed by atoms with Crippen LogP contribution < -0.4 is 15.6 Å². The Bertz CT molecular complexity index is 443. The van der Waals surface area contributed by atoms with Crippen LogP contribution in [0.3, 0.4) is 0 Å². The van der Waals surface area contributed by atoms with Crippen molar-refractivity contribution in [1.29, 1.82) is 0 Å². The van der Waals surface area contributed by atoms with Gasteiger partial charge in [0.15, 0.2) is 0 Å². The maximum atomic E-state index is 11.0. The summed E-state index contributed by atoms with van der Waals surface area (Å²) >= 11 is 0. The van der Waals surface area contributed by atoms with Crippen LogP contribution in [0.1, 0.15) is 19.4 Å². The maximum absolute atomic E-state index is 11.0. The number of carbonyl (C=O) groups excluding carboxylic acids is 1. The molecule has 5 nitrogen and oxygen atoms in total. The van der Waals surface area contributed by atoms with Crippen molar-refractivity contribution >= 4 is 11.8 Å². The number of hydrogen-bond donors (Lipinski definition) is 2. The van der Waals surface area contributed by atoms with Gasteiger partial charge in [-0.15, -0.1) is 0 Å². The number of rotatable bonds is 2. The molecule has 17 heavy (non-hydrogen) atoms. The van der Waals surface area contributed by atoms with E-state index in [1.807, 2.05) is 32.0 Å². The molecule has 1 aliphatic rings. The Hall–Kier alpha value is -1.91. The number of amides is 1. The van der Waals surface area contributed by atoms with Crippen LogP contribution in [0.4, 0.5) is 10.5 Å². The summed E-state index contributed by atoms with van der Waals surface area (Å²) in [6.45, 7) is 4.06. The van der Waals surface area contributed by atoms with Crippen LogP contribution >= 0.6 is 0 Å². The van der Waals surface area contributed by atoms with Crippen LogP contribution in [0, 0.1) is 0 Å². The van der Waals surface area contributed by atoms with Crippen LogP contribution in [0.25, 0.3) is 0 Å². The summed E-state index contributed by atoms with van der Waals surface area (Å²) < 4.78 is 10.3. The second-order valence-corrected chi connectivity index (χ2v) is 4.57. The van der Waals surface area contributed by atoms with Crippen LogP contribution in [0.2, 0.25) is 0 Å². The zero-order valence-electron chi connectivity index (χ0n) is 10.2. The molecule has 0 unspecified atom stereocenters. The standard InChI is InChI=1S/C12H16N2O3/c1-12(2)7-8-5-4-6-9(10(8)17-12)13-14-11(15)16-3/h4-6,13H,7H2,1-3H3,(H,14,15). The third-order valence-electron chi connectivity index (χ3n) is 2.58. The Morgan fingerprint density at radius 1 is 1.47 bits per heavy atom. The molecule has 0 saturated heterocycles. The minimum atomic E-state index is -0.542. The van der Waals surface area contributed by atoms with E-state index in [2.05, 4.69) is 15.6 Å². The lowest BCUT2D eigenvalue weighted by Crippen LogP contribution is -2.29. The highest BCUT2D eigenvalue weighted by Gasteiger charge is 2.31. The Morgan fingerprint density at radius 2 is 2.24 bits per heavy atom. The van der Waals surface area contributed by atoms with Crippen molar-refractivity contribution in [3.63, 3.8) is 0 Å². The zero-order chi connectivity index (χ0) is 12.5. The monoisotopic (exact) mass is 236 g/mol. The second kappa shape index (κ2) is 4.16. The Morgan fingerprint density at radius 3 is 2.94 bits per heavy atom. The molecule has 2 N–H and O–H groups in total. The maximum Gasteiger partial charge on any atom is 0.425 e. The summed E-state index contributed by atoms with van der Waals surface area (Å²) in [5.41, 5.74) is 6.86. The quantitative estimate of drug-likeness (QED) is 0.772. The molecule has 1 aliphatic heterocycles. The zero-order valence-corrected chi connectivity index (χ0v) is 10.2. The van der Waals surface area contributed by atoms with Crippen molar-refractivity contribution in [3.05, 3.63) is 23.8 Å². The SMILES string of the molecule is COC(=O)NNc1cccc2c1OC(C)(C)C2. The van der Waals surface area contributed by atoms with Gasteiger partial charge in [0.05, 0.1) is 12.8 Å². The van der Waals surface area contributed by atoms with Crippen molar-refractivity contribution in [2.75, 3.05) is 12.5 Å². The van der Waals surface area contributed by atoms with Crippen molar-refractivity contribution in [2.45, 2.75) is 25.9 Å². The van der Waals surface area contributed by atoms with Crippen LogP contribution in [0.15, 0.2) is 18.2 Å². The van der Waals surface area contributed by atoms with Crippen LogP contribution in [0.5, 0.6) is 5.75 Å². The molecule has 92 valence electrons. The van der Waals surface area contributed by atoms with Gasteiger partial charge in [-0.25, -0.2) is 10.2 Å². The Balaban J connectivity index is 2.16. The molecule has 0 aromatic heterocycles.